The highest BCUT2D eigenvalue weighted by Crippen LogP contribution is 2.19. The van der Waals surface area contributed by atoms with E-state index in [0.29, 0.717) is 28.7 Å². The number of hydrogen-bond donors (Lipinski definition) is 1. The Kier molecular flexibility index (Phi) is 4.55. The van der Waals surface area contributed by atoms with E-state index in [1.165, 1.54) is 0 Å². The van der Waals surface area contributed by atoms with Gasteiger partial charge in [-0.05, 0) is 28.9 Å². The first-order valence-corrected chi connectivity index (χ1v) is 6.70. The molecule has 100 valence electrons. The van der Waals surface area contributed by atoms with Crippen molar-refractivity contribution in [1.29, 1.82) is 0 Å². The van der Waals surface area contributed by atoms with Crippen LogP contribution in [0, 0.1) is 6.92 Å². The summed E-state index contributed by atoms with van der Waals surface area (Å²) in [5.41, 5.74) is 1.22. The van der Waals surface area contributed by atoms with Crippen molar-refractivity contribution >= 4 is 33.4 Å². The molecule has 0 spiro atoms. The molecular formula is C12H11BrClN3O2. The van der Waals surface area contributed by atoms with Gasteiger partial charge in [0.25, 0.3) is 0 Å². The summed E-state index contributed by atoms with van der Waals surface area (Å²) in [7, 11) is 0. The first-order valence-electron chi connectivity index (χ1n) is 5.53. The standard InChI is InChI=1S/C12H11BrClN3O2/c1-7-2-9(17-19-7)6-16-12(18)4-11-10(14)3-8(13)5-15-11/h2-3,5H,4,6H2,1H3,(H,16,18). The number of nitrogens with one attached hydrogen (secondary N) is 1. The van der Waals surface area contributed by atoms with Gasteiger partial charge in [-0.25, -0.2) is 0 Å². The molecule has 0 unspecified atom stereocenters. The maximum atomic E-state index is 11.7. The summed E-state index contributed by atoms with van der Waals surface area (Å²) >= 11 is 9.25. The first kappa shape index (κ1) is 14.0. The number of hydrogen-bond acceptors (Lipinski definition) is 4. The summed E-state index contributed by atoms with van der Waals surface area (Å²) in [5.74, 6) is 0.541. The molecule has 1 amide bonds. The summed E-state index contributed by atoms with van der Waals surface area (Å²) in [6.07, 6.45) is 1.73. The summed E-state index contributed by atoms with van der Waals surface area (Å²) < 4.78 is 5.68. The smallest absolute Gasteiger partial charge is 0.226 e. The fourth-order valence-electron chi connectivity index (χ4n) is 1.48. The van der Waals surface area contributed by atoms with E-state index in [4.69, 9.17) is 16.1 Å². The Bertz CT molecular complexity index is 600. The first-order chi connectivity index (χ1) is 9.04. The topological polar surface area (TPSA) is 68.0 Å². The van der Waals surface area contributed by atoms with Crippen molar-refractivity contribution in [2.24, 2.45) is 0 Å². The number of pyridine rings is 1. The fraction of sp³-hybridized carbons (Fsp3) is 0.250. The highest BCUT2D eigenvalue weighted by Gasteiger charge is 2.09. The molecule has 0 aromatic carbocycles. The lowest BCUT2D eigenvalue weighted by Gasteiger charge is -2.04. The maximum Gasteiger partial charge on any atom is 0.226 e. The predicted molar refractivity (Wildman–Crippen MR) is 73.7 cm³/mol. The Labute approximate surface area is 123 Å². The molecule has 2 aromatic rings. The van der Waals surface area contributed by atoms with E-state index >= 15 is 0 Å². The lowest BCUT2D eigenvalue weighted by molar-refractivity contribution is -0.120. The number of carbonyl (C=O) groups excluding carboxylic acids is 1. The second-order valence-electron chi connectivity index (χ2n) is 3.96. The minimum absolute atomic E-state index is 0.128. The number of amides is 1. The molecule has 0 radical (unpaired) electrons. The summed E-state index contributed by atoms with van der Waals surface area (Å²) in [5, 5.41) is 6.98. The molecule has 0 aliphatic carbocycles. The third-order valence-corrected chi connectivity index (χ3v) is 3.12. The highest BCUT2D eigenvalue weighted by atomic mass is 79.9. The number of rotatable bonds is 4. The second-order valence-corrected chi connectivity index (χ2v) is 5.29. The van der Waals surface area contributed by atoms with Crippen LogP contribution in [0.1, 0.15) is 17.1 Å². The normalized spacial score (nSPS) is 10.5. The quantitative estimate of drug-likeness (QED) is 0.926. The minimum Gasteiger partial charge on any atom is -0.361 e. The van der Waals surface area contributed by atoms with Crippen LogP contribution >= 0.6 is 27.5 Å². The molecule has 0 saturated heterocycles. The van der Waals surface area contributed by atoms with E-state index in [0.717, 1.165) is 4.47 Å². The molecule has 0 fully saturated rings. The zero-order valence-corrected chi connectivity index (χ0v) is 12.5. The fourth-order valence-corrected chi connectivity index (χ4v) is 2.17. The van der Waals surface area contributed by atoms with E-state index < -0.39 is 0 Å². The van der Waals surface area contributed by atoms with Crippen LogP contribution < -0.4 is 5.32 Å². The van der Waals surface area contributed by atoms with E-state index in [2.05, 4.69) is 31.4 Å². The Hall–Kier alpha value is -1.40. The maximum absolute atomic E-state index is 11.7. The van der Waals surface area contributed by atoms with Crippen molar-refractivity contribution in [2.75, 3.05) is 0 Å². The number of nitrogens with zero attached hydrogens (tertiary/aromatic N) is 2. The van der Waals surface area contributed by atoms with E-state index in [1.54, 1.807) is 25.3 Å². The summed E-state index contributed by atoms with van der Waals surface area (Å²) in [6, 6.07) is 3.48. The zero-order valence-electron chi connectivity index (χ0n) is 10.1. The Morgan fingerprint density at radius 3 is 2.95 bits per heavy atom. The van der Waals surface area contributed by atoms with Crippen molar-refractivity contribution < 1.29 is 9.32 Å². The molecule has 0 aliphatic heterocycles. The lowest BCUT2D eigenvalue weighted by atomic mass is 10.2. The summed E-state index contributed by atoms with van der Waals surface area (Å²) in [4.78, 5) is 15.9. The number of aromatic nitrogens is 2. The number of aryl methyl sites for hydroxylation is 1. The Morgan fingerprint density at radius 1 is 1.53 bits per heavy atom. The van der Waals surface area contributed by atoms with Crippen LogP contribution in [0.4, 0.5) is 0 Å². The van der Waals surface area contributed by atoms with Gasteiger partial charge in [-0.1, -0.05) is 16.8 Å². The van der Waals surface area contributed by atoms with Crippen LogP contribution in [0.3, 0.4) is 0 Å². The van der Waals surface area contributed by atoms with Crippen molar-refractivity contribution in [3.8, 4) is 0 Å². The van der Waals surface area contributed by atoms with Gasteiger partial charge in [0.2, 0.25) is 5.91 Å². The van der Waals surface area contributed by atoms with Crippen LogP contribution in [0.2, 0.25) is 5.02 Å². The average molecular weight is 345 g/mol. The van der Waals surface area contributed by atoms with Crippen molar-refractivity contribution in [3.05, 3.63) is 45.0 Å². The third kappa shape index (κ3) is 4.04. The van der Waals surface area contributed by atoms with Gasteiger partial charge in [0, 0.05) is 16.7 Å². The number of halogens is 2. The Balaban J connectivity index is 1.90. The molecule has 7 heteroatoms. The van der Waals surface area contributed by atoms with Gasteiger partial charge in [0.05, 0.1) is 23.7 Å². The second kappa shape index (κ2) is 6.16. The molecule has 0 aliphatic rings. The molecule has 5 nitrogen and oxygen atoms in total. The molecular weight excluding hydrogens is 334 g/mol. The van der Waals surface area contributed by atoms with Gasteiger partial charge in [0.1, 0.15) is 11.5 Å². The highest BCUT2D eigenvalue weighted by molar-refractivity contribution is 9.10. The van der Waals surface area contributed by atoms with Crippen LogP contribution in [0.15, 0.2) is 27.3 Å². The van der Waals surface area contributed by atoms with Gasteiger partial charge in [-0.2, -0.15) is 0 Å². The van der Waals surface area contributed by atoms with Gasteiger partial charge in [-0.15, -0.1) is 0 Å². The van der Waals surface area contributed by atoms with Gasteiger partial charge >= 0.3 is 0 Å². The monoisotopic (exact) mass is 343 g/mol. The Morgan fingerprint density at radius 2 is 2.32 bits per heavy atom. The molecule has 2 heterocycles. The van der Waals surface area contributed by atoms with Crippen LogP contribution in [0.5, 0.6) is 0 Å². The molecule has 1 N–H and O–H groups in total. The van der Waals surface area contributed by atoms with Gasteiger partial charge < -0.3 is 9.84 Å². The van der Waals surface area contributed by atoms with E-state index in [9.17, 15) is 4.79 Å². The van der Waals surface area contributed by atoms with E-state index in [1.807, 2.05) is 0 Å². The zero-order chi connectivity index (χ0) is 13.8. The van der Waals surface area contributed by atoms with Crippen molar-refractivity contribution in [3.63, 3.8) is 0 Å². The molecule has 0 atom stereocenters. The molecule has 0 saturated carbocycles. The average Bonchev–Trinajstić information content (AvgIpc) is 2.76. The molecule has 2 aromatic heterocycles. The largest absolute Gasteiger partial charge is 0.361 e. The van der Waals surface area contributed by atoms with Crippen molar-refractivity contribution in [1.82, 2.24) is 15.5 Å². The predicted octanol–water partition coefficient (Wildman–Crippen LogP) is 2.65. The van der Waals surface area contributed by atoms with Crippen LogP contribution in [-0.2, 0) is 17.8 Å². The summed E-state index contributed by atoms with van der Waals surface area (Å²) in [6.45, 7) is 2.12. The van der Waals surface area contributed by atoms with Crippen LogP contribution in [-0.4, -0.2) is 16.0 Å². The molecule has 19 heavy (non-hydrogen) atoms. The van der Waals surface area contributed by atoms with Gasteiger partial charge in [-0.3, -0.25) is 9.78 Å². The lowest BCUT2D eigenvalue weighted by Crippen LogP contribution is -2.25. The molecule has 0 bridgehead atoms. The third-order valence-electron chi connectivity index (χ3n) is 2.36. The van der Waals surface area contributed by atoms with Crippen LogP contribution in [0.25, 0.3) is 0 Å². The minimum atomic E-state index is -0.169. The van der Waals surface area contributed by atoms with Gasteiger partial charge in [0.15, 0.2) is 0 Å². The SMILES string of the molecule is Cc1cc(CNC(=O)Cc2ncc(Br)cc2Cl)no1. The number of carbonyl (C=O) groups is 1. The van der Waals surface area contributed by atoms with E-state index in [-0.39, 0.29) is 12.3 Å². The van der Waals surface area contributed by atoms with Crippen molar-refractivity contribution in [2.45, 2.75) is 19.9 Å². The molecule has 2 rings (SSSR count).